The molecular formula is C17H19F3N2O3S2. The van der Waals surface area contributed by atoms with Crippen LogP contribution in [0.25, 0.3) is 0 Å². The smallest absolute Gasteiger partial charge is 0.406 e. The molecule has 0 saturated carbocycles. The van der Waals surface area contributed by atoms with Crippen LogP contribution >= 0.6 is 11.3 Å². The number of nitrogens with one attached hydrogen (secondary N) is 1. The summed E-state index contributed by atoms with van der Waals surface area (Å²) in [5, 5.41) is 5.07. The Bertz CT molecular complexity index is 829. The summed E-state index contributed by atoms with van der Waals surface area (Å²) < 4.78 is 67.2. The summed E-state index contributed by atoms with van der Waals surface area (Å²) in [6, 6.07) is 9.19. The highest BCUT2D eigenvalue weighted by atomic mass is 32.2. The van der Waals surface area contributed by atoms with E-state index in [-0.39, 0.29) is 11.8 Å². The predicted molar refractivity (Wildman–Crippen MR) is 96.1 cm³/mol. The van der Waals surface area contributed by atoms with Crippen LogP contribution in [0.5, 0.6) is 5.75 Å². The first-order valence-electron chi connectivity index (χ1n) is 8.36. The molecule has 1 aromatic heterocycles. The van der Waals surface area contributed by atoms with Gasteiger partial charge in [-0.1, -0.05) is 18.2 Å². The molecule has 0 aliphatic carbocycles. The zero-order valence-corrected chi connectivity index (χ0v) is 15.9. The second kappa shape index (κ2) is 8.17. The molecule has 0 bridgehead atoms. The van der Waals surface area contributed by atoms with Gasteiger partial charge in [0, 0.05) is 25.7 Å². The van der Waals surface area contributed by atoms with Crippen molar-refractivity contribution in [3.8, 4) is 5.75 Å². The van der Waals surface area contributed by atoms with E-state index in [9.17, 15) is 21.6 Å². The van der Waals surface area contributed by atoms with Gasteiger partial charge in [-0.25, -0.2) is 8.42 Å². The number of benzene rings is 1. The number of nitrogens with zero attached hydrogens (tertiary/aromatic N) is 1. The van der Waals surface area contributed by atoms with Crippen LogP contribution in [-0.4, -0.2) is 38.2 Å². The normalized spacial score (nSPS) is 17.1. The second-order valence-corrected chi connectivity index (χ2v) is 9.30. The summed E-state index contributed by atoms with van der Waals surface area (Å²) in [7, 11) is -3.41. The number of alkyl halides is 3. The molecule has 2 aromatic rings. The number of hydrogen-bond acceptors (Lipinski definition) is 5. The van der Waals surface area contributed by atoms with E-state index in [4.69, 9.17) is 0 Å². The number of rotatable bonds is 6. The van der Waals surface area contributed by atoms with Gasteiger partial charge >= 0.3 is 6.36 Å². The minimum Gasteiger partial charge on any atom is -0.406 e. The van der Waals surface area contributed by atoms with Gasteiger partial charge in [0.05, 0.1) is 0 Å². The molecule has 1 fully saturated rings. The molecule has 0 unspecified atom stereocenters. The Balaban J connectivity index is 1.47. The van der Waals surface area contributed by atoms with Crippen LogP contribution in [0, 0.1) is 0 Å². The van der Waals surface area contributed by atoms with Gasteiger partial charge in [-0.15, -0.1) is 24.5 Å². The fraction of sp³-hybridized carbons (Fsp3) is 0.412. The largest absolute Gasteiger partial charge is 0.573 e. The van der Waals surface area contributed by atoms with Crippen molar-refractivity contribution in [2.24, 2.45) is 0 Å². The first kappa shape index (κ1) is 20.1. The van der Waals surface area contributed by atoms with Crippen molar-refractivity contribution in [2.45, 2.75) is 36.0 Å². The van der Waals surface area contributed by atoms with Crippen LogP contribution in [0.15, 0.2) is 46.0 Å². The Morgan fingerprint density at radius 2 is 1.81 bits per heavy atom. The van der Waals surface area contributed by atoms with Crippen molar-refractivity contribution < 1.29 is 26.3 Å². The zero-order valence-electron chi connectivity index (χ0n) is 14.3. The van der Waals surface area contributed by atoms with Crippen molar-refractivity contribution in [1.82, 2.24) is 9.62 Å². The van der Waals surface area contributed by atoms with Gasteiger partial charge in [-0.05, 0) is 42.0 Å². The molecule has 0 amide bonds. The number of piperidine rings is 1. The van der Waals surface area contributed by atoms with Gasteiger partial charge in [-0.2, -0.15) is 4.31 Å². The Hall–Kier alpha value is -1.62. The molecule has 1 saturated heterocycles. The van der Waals surface area contributed by atoms with Crippen molar-refractivity contribution in [3.63, 3.8) is 0 Å². The summed E-state index contributed by atoms with van der Waals surface area (Å²) in [6.45, 7) is 1.38. The van der Waals surface area contributed by atoms with Gasteiger partial charge < -0.3 is 10.1 Å². The Kier molecular flexibility index (Phi) is 6.09. The van der Waals surface area contributed by atoms with Crippen LogP contribution in [0.1, 0.15) is 18.4 Å². The molecular weight excluding hydrogens is 401 g/mol. The van der Waals surface area contributed by atoms with Crippen LogP contribution in [0.3, 0.4) is 0 Å². The third-order valence-electron chi connectivity index (χ3n) is 4.29. The monoisotopic (exact) mass is 420 g/mol. The number of ether oxygens (including phenoxy) is 1. The molecule has 0 atom stereocenters. The van der Waals surface area contributed by atoms with Gasteiger partial charge in [0.15, 0.2) is 0 Å². The third-order valence-corrected chi connectivity index (χ3v) is 7.57. The minimum absolute atomic E-state index is 0.158. The van der Waals surface area contributed by atoms with E-state index in [2.05, 4.69) is 10.1 Å². The van der Waals surface area contributed by atoms with Gasteiger partial charge in [0.1, 0.15) is 9.96 Å². The molecule has 5 nitrogen and oxygen atoms in total. The summed E-state index contributed by atoms with van der Waals surface area (Å²) in [5.41, 5.74) is 0.832. The highest BCUT2D eigenvalue weighted by Crippen LogP contribution is 2.25. The van der Waals surface area contributed by atoms with Crippen LogP contribution in [0.4, 0.5) is 13.2 Å². The average Bonchev–Trinajstić information content (AvgIpc) is 3.16. The molecule has 3 rings (SSSR count). The Morgan fingerprint density at radius 1 is 1.15 bits per heavy atom. The molecule has 148 valence electrons. The summed E-state index contributed by atoms with van der Waals surface area (Å²) in [5.74, 6) is -0.252. The lowest BCUT2D eigenvalue weighted by molar-refractivity contribution is -0.274. The van der Waals surface area contributed by atoms with E-state index in [0.717, 1.165) is 5.56 Å². The van der Waals surface area contributed by atoms with Gasteiger partial charge in [-0.3, -0.25) is 0 Å². The van der Waals surface area contributed by atoms with Crippen molar-refractivity contribution >= 4 is 21.4 Å². The van der Waals surface area contributed by atoms with E-state index < -0.39 is 16.4 Å². The molecule has 1 aliphatic heterocycles. The standard InChI is InChI=1S/C17H19F3N2O3S2/c18-17(19,20)25-15-5-3-13(4-6-15)12-21-14-7-9-22(10-8-14)27(23,24)16-2-1-11-26-16/h1-6,11,14,21H,7-10,12H2. The van der Waals surface area contributed by atoms with Crippen LogP contribution < -0.4 is 10.1 Å². The summed E-state index contributed by atoms with van der Waals surface area (Å²) in [4.78, 5) is 0. The first-order valence-corrected chi connectivity index (χ1v) is 10.7. The maximum absolute atomic E-state index is 12.5. The van der Waals surface area contributed by atoms with E-state index in [1.54, 1.807) is 29.6 Å². The number of hydrogen-bond donors (Lipinski definition) is 1. The first-order chi connectivity index (χ1) is 12.7. The highest BCUT2D eigenvalue weighted by molar-refractivity contribution is 7.91. The lowest BCUT2D eigenvalue weighted by Gasteiger charge is -2.31. The van der Waals surface area contributed by atoms with Gasteiger partial charge in [0.2, 0.25) is 0 Å². The Morgan fingerprint density at radius 3 is 2.37 bits per heavy atom. The molecule has 1 N–H and O–H groups in total. The molecule has 1 aromatic carbocycles. The van der Waals surface area contributed by atoms with E-state index >= 15 is 0 Å². The third kappa shape index (κ3) is 5.44. The molecule has 1 aliphatic rings. The molecule has 0 radical (unpaired) electrons. The van der Waals surface area contributed by atoms with Gasteiger partial charge in [0.25, 0.3) is 10.0 Å². The predicted octanol–water partition coefficient (Wildman–Crippen LogP) is 3.59. The quantitative estimate of drug-likeness (QED) is 0.776. The summed E-state index contributed by atoms with van der Waals surface area (Å²) in [6.07, 6.45) is -3.34. The van der Waals surface area contributed by atoms with Crippen molar-refractivity contribution in [2.75, 3.05) is 13.1 Å². The molecule has 27 heavy (non-hydrogen) atoms. The minimum atomic E-state index is -4.70. The fourth-order valence-electron chi connectivity index (χ4n) is 2.91. The second-order valence-electron chi connectivity index (χ2n) is 6.18. The number of halogens is 3. The summed E-state index contributed by atoms with van der Waals surface area (Å²) >= 11 is 1.21. The van der Waals surface area contributed by atoms with Crippen LogP contribution in [-0.2, 0) is 16.6 Å². The van der Waals surface area contributed by atoms with E-state index in [1.165, 1.54) is 27.8 Å². The van der Waals surface area contributed by atoms with E-state index in [1.807, 2.05) is 0 Å². The molecule has 10 heteroatoms. The highest BCUT2D eigenvalue weighted by Gasteiger charge is 2.31. The van der Waals surface area contributed by atoms with Crippen molar-refractivity contribution in [1.29, 1.82) is 0 Å². The molecule has 2 heterocycles. The zero-order chi connectivity index (χ0) is 19.5. The number of sulfonamides is 1. The maximum atomic E-state index is 12.5. The van der Waals surface area contributed by atoms with Crippen molar-refractivity contribution in [3.05, 3.63) is 47.3 Å². The topological polar surface area (TPSA) is 58.6 Å². The molecule has 0 spiro atoms. The number of thiophene rings is 1. The lowest BCUT2D eigenvalue weighted by atomic mass is 10.1. The van der Waals surface area contributed by atoms with E-state index in [0.29, 0.717) is 36.7 Å². The lowest BCUT2D eigenvalue weighted by Crippen LogP contribution is -2.44. The Labute approximate surface area is 159 Å². The maximum Gasteiger partial charge on any atom is 0.573 e. The fourth-order valence-corrected chi connectivity index (χ4v) is 5.52. The average molecular weight is 420 g/mol. The SMILES string of the molecule is O=S(=O)(c1cccs1)N1CCC(NCc2ccc(OC(F)(F)F)cc2)CC1. The van der Waals surface area contributed by atoms with Crippen LogP contribution in [0.2, 0.25) is 0 Å².